The van der Waals surface area contributed by atoms with E-state index in [0.717, 1.165) is 16.8 Å². The lowest BCUT2D eigenvalue weighted by molar-refractivity contribution is -0.116. The van der Waals surface area contributed by atoms with Gasteiger partial charge in [-0.15, -0.1) is 0 Å². The quantitative estimate of drug-likeness (QED) is 0.597. The van der Waals surface area contributed by atoms with Crippen molar-refractivity contribution < 1.29 is 4.79 Å². The minimum atomic E-state index is -0.295. The van der Waals surface area contributed by atoms with Gasteiger partial charge in [0.15, 0.2) is 5.65 Å². The van der Waals surface area contributed by atoms with Crippen LogP contribution in [-0.2, 0) is 11.3 Å². The Morgan fingerprint density at radius 1 is 1.00 bits per heavy atom. The molecule has 0 radical (unpaired) electrons. The molecule has 0 spiro atoms. The summed E-state index contributed by atoms with van der Waals surface area (Å²) in [6.07, 6.45) is 1.64. The van der Waals surface area contributed by atoms with Gasteiger partial charge in [0.2, 0.25) is 5.91 Å². The fourth-order valence-corrected chi connectivity index (χ4v) is 3.27. The minimum absolute atomic E-state index is 0.0890. The Hall–Kier alpha value is -3.67. The zero-order chi connectivity index (χ0) is 19.7. The van der Waals surface area contributed by atoms with Crippen molar-refractivity contribution in [3.63, 3.8) is 0 Å². The van der Waals surface area contributed by atoms with E-state index in [-0.39, 0.29) is 18.1 Å². The van der Waals surface area contributed by atoms with E-state index in [1.165, 1.54) is 9.13 Å². The summed E-state index contributed by atoms with van der Waals surface area (Å²) in [6.45, 7) is 3.87. The molecule has 0 aliphatic rings. The standard InChI is InChI=1S/C22H20N4O2/c1-15-8-6-11-18(16(15)2)24-20(27)14-25-19-12-7-13-23-21(19)26(22(25)28)17-9-4-3-5-10-17/h3-13H,14H2,1-2H3,(H,24,27). The van der Waals surface area contributed by atoms with Crippen molar-refractivity contribution in [2.75, 3.05) is 5.32 Å². The Labute approximate surface area is 162 Å². The van der Waals surface area contributed by atoms with Crippen LogP contribution in [0.2, 0.25) is 0 Å². The number of aryl methyl sites for hydroxylation is 1. The molecule has 28 heavy (non-hydrogen) atoms. The largest absolute Gasteiger partial charge is 0.335 e. The van der Waals surface area contributed by atoms with Gasteiger partial charge in [-0.3, -0.25) is 9.36 Å². The highest BCUT2D eigenvalue weighted by molar-refractivity contribution is 5.92. The fraction of sp³-hybridized carbons (Fsp3) is 0.136. The predicted octanol–water partition coefficient (Wildman–Crippen LogP) is 3.44. The third-order valence-electron chi connectivity index (χ3n) is 4.89. The van der Waals surface area contributed by atoms with Gasteiger partial charge in [-0.05, 0) is 55.3 Å². The fourth-order valence-electron chi connectivity index (χ4n) is 3.27. The number of fused-ring (bicyclic) bond motifs is 1. The Balaban J connectivity index is 1.73. The number of hydrogen-bond donors (Lipinski definition) is 1. The van der Waals surface area contributed by atoms with E-state index in [9.17, 15) is 9.59 Å². The number of nitrogens with one attached hydrogen (secondary N) is 1. The van der Waals surface area contributed by atoms with Crippen molar-refractivity contribution in [1.82, 2.24) is 14.1 Å². The molecule has 2 aromatic carbocycles. The molecule has 0 aliphatic heterocycles. The number of carbonyl (C=O) groups excluding carboxylic acids is 1. The summed E-state index contributed by atoms with van der Waals surface area (Å²) >= 11 is 0. The van der Waals surface area contributed by atoms with E-state index in [1.807, 2.05) is 62.4 Å². The highest BCUT2D eigenvalue weighted by Crippen LogP contribution is 2.19. The van der Waals surface area contributed by atoms with Gasteiger partial charge >= 0.3 is 5.69 Å². The molecule has 0 saturated heterocycles. The van der Waals surface area contributed by atoms with Gasteiger partial charge in [-0.25, -0.2) is 14.3 Å². The molecule has 140 valence electrons. The van der Waals surface area contributed by atoms with Crippen molar-refractivity contribution >= 4 is 22.8 Å². The van der Waals surface area contributed by atoms with Crippen LogP contribution in [0.3, 0.4) is 0 Å². The summed E-state index contributed by atoms with van der Waals surface area (Å²) in [5.74, 6) is -0.258. The van der Waals surface area contributed by atoms with Gasteiger partial charge in [0.25, 0.3) is 0 Å². The molecule has 4 rings (SSSR count). The average Bonchev–Trinajstić information content (AvgIpc) is 2.98. The van der Waals surface area contributed by atoms with Crippen LogP contribution >= 0.6 is 0 Å². The van der Waals surface area contributed by atoms with E-state index < -0.39 is 0 Å². The van der Waals surface area contributed by atoms with Crippen LogP contribution in [0, 0.1) is 13.8 Å². The number of pyridine rings is 1. The summed E-state index contributed by atoms with van der Waals surface area (Å²) in [7, 11) is 0. The highest BCUT2D eigenvalue weighted by atomic mass is 16.2. The first kappa shape index (κ1) is 17.7. The molecule has 2 aromatic heterocycles. The number of imidazole rings is 1. The molecule has 1 amide bonds. The smallest absolute Gasteiger partial charge is 0.324 e. The van der Waals surface area contributed by atoms with Crippen LogP contribution in [0.1, 0.15) is 11.1 Å². The molecule has 6 nitrogen and oxygen atoms in total. The molecule has 0 aliphatic carbocycles. The van der Waals surface area contributed by atoms with E-state index in [4.69, 9.17) is 0 Å². The number of aromatic nitrogens is 3. The number of amides is 1. The number of rotatable bonds is 4. The molecular formula is C22H20N4O2. The third kappa shape index (κ3) is 3.09. The lowest BCUT2D eigenvalue weighted by Gasteiger charge is -2.10. The predicted molar refractivity (Wildman–Crippen MR) is 110 cm³/mol. The van der Waals surface area contributed by atoms with E-state index in [1.54, 1.807) is 18.3 Å². The molecule has 0 atom stereocenters. The summed E-state index contributed by atoms with van der Waals surface area (Å²) in [6, 6.07) is 18.6. The molecule has 0 saturated carbocycles. The molecule has 0 unspecified atom stereocenters. The van der Waals surface area contributed by atoms with Gasteiger partial charge < -0.3 is 5.32 Å². The van der Waals surface area contributed by atoms with Crippen LogP contribution in [0.4, 0.5) is 5.69 Å². The average molecular weight is 372 g/mol. The number of benzene rings is 2. The third-order valence-corrected chi connectivity index (χ3v) is 4.89. The van der Waals surface area contributed by atoms with Crippen LogP contribution in [-0.4, -0.2) is 20.0 Å². The van der Waals surface area contributed by atoms with E-state index in [0.29, 0.717) is 16.9 Å². The van der Waals surface area contributed by atoms with Crippen molar-refractivity contribution in [3.8, 4) is 5.69 Å². The lowest BCUT2D eigenvalue weighted by Crippen LogP contribution is -2.29. The molecule has 2 heterocycles. The van der Waals surface area contributed by atoms with Crippen LogP contribution in [0.25, 0.3) is 16.9 Å². The van der Waals surface area contributed by atoms with Crippen LogP contribution < -0.4 is 11.0 Å². The van der Waals surface area contributed by atoms with Gasteiger partial charge in [0.05, 0.1) is 11.2 Å². The summed E-state index contributed by atoms with van der Waals surface area (Å²) in [5, 5.41) is 2.91. The van der Waals surface area contributed by atoms with Crippen molar-refractivity contribution in [2.45, 2.75) is 20.4 Å². The first-order chi connectivity index (χ1) is 13.6. The number of hydrogen-bond acceptors (Lipinski definition) is 3. The zero-order valence-corrected chi connectivity index (χ0v) is 15.7. The van der Waals surface area contributed by atoms with Crippen LogP contribution in [0.15, 0.2) is 71.7 Å². The van der Waals surface area contributed by atoms with Gasteiger partial charge in [-0.2, -0.15) is 0 Å². The molecule has 1 N–H and O–H groups in total. The molecule has 0 fully saturated rings. The normalized spacial score (nSPS) is 10.9. The molecule has 0 bridgehead atoms. The number of nitrogens with zero attached hydrogens (tertiary/aromatic N) is 3. The number of carbonyl (C=O) groups is 1. The SMILES string of the molecule is Cc1cccc(NC(=O)Cn2c(=O)n(-c3ccccc3)c3ncccc32)c1C. The minimum Gasteiger partial charge on any atom is -0.324 e. The molecule has 4 aromatic rings. The Morgan fingerprint density at radius 2 is 1.79 bits per heavy atom. The van der Waals surface area contributed by atoms with Crippen molar-refractivity contribution in [2.24, 2.45) is 0 Å². The zero-order valence-electron chi connectivity index (χ0n) is 15.7. The van der Waals surface area contributed by atoms with Gasteiger partial charge in [0, 0.05) is 11.9 Å². The Bertz CT molecular complexity index is 1220. The van der Waals surface area contributed by atoms with Crippen LogP contribution in [0.5, 0.6) is 0 Å². The lowest BCUT2D eigenvalue weighted by atomic mass is 10.1. The monoisotopic (exact) mass is 372 g/mol. The summed E-state index contributed by atoms with van der Waals surface area (Å²) in [5.41, 5.74) is 4.42. The maximum Gasteiger partial charge on any atom is 0.335 e. The second-order valence-corrected chi connectivity index (χ2v) is 6.68. The van der Waals surface area contributed by atoms with Gasteiger partial charge in [-0.1, -0.05) is 30.3 Å². The van der Waals surface area contributed by atoms with E-state index in [2.05, 4.69) is 10.3 Å². The highest BCUT2D eigenvalue weighted by Gasteiger charge is 2.17. The number of para-hydroxylation sites is 1. The summed E-state index contributed by atoms with van der Waals surface area (Å²) < 4.78 is 2.98. The Kier molecular flexibility index (Phi) is 4.53. The first-order valence-corrected chi connectivity index (χ1v) is 9.04. The second-order valence-electron chi connectivity index (χ2n) is 6.68. The first-order valence-electron chi connectivity index (χ1n) is 9.04. The second kappa shape index (κ2) is 7.15. The topological polar surface area (TPSA) is 68.9 Å². The molecular weight excluding hydrogens is 352 g/mol. The summed E-state index contributed by atoms with van der Waals surface area (Å²) in [4.78, 5) is 30.2. The van der Waals surface area contributed by atoms with Crippen molar-refractivity contribution in [3.05, 3.63) is 88.5 Å². The van der Waals surface area contributed by atoms with Crippen molar-refractivity contribution in [1.29, 1.82) is 0 Å². The maximum absolute atomic E-state index is 13.1. The Morgan fingerprint density at radius 3 is 2.57 bits per heavy atom. The maximum atomic E-state index is 13.1. The molecule has 6 heteroatoms. The number of anilines is 1. The van der Waals surface area contributed by atoms with E-state index >= 15 is 0 Å². The van der Waals surface area contributed by atoms with Gasteiger partial charge in [0.1, 0.15) is 6.54 Å².